The van der Waals surface area contributed by atoms with Crippen LogP contribution in [0.5, 0.6) is 5.75 Å². The van der Waals surface area contributed by atoms with Crippen molar-refractivity contribution in [1.82, 2.24) is 9.97 Å². The maximum Gasteiger partial charge on any atom is 0.238 e. The summed E-state index contributed by atoms with van der Waals surface area (Å²) in [6.07, 6.45) is 1.53. The lowest BCUT2D eigenvalue weighted by Gasteiger charge is -2.51. The zero-order valence-electron chi connectivity index (χ0n) is 19.6. The molecule has 3 heterocycles. The lowest BCUT2D eigenvalue weighted by atomic mass is 9.69. The van der Waals surface area contributed by atoms with E-state index < -0.39 is 5.41 Å². The van der Waals surface area contributed by atoms with Crippen molar-refractivity contribution in [2.75, 3.05) is 30.4 Å². The van der Waals surface area contributed by atoms with Gasteiger partial charge in [-0.25, -0.2) is 4.98 Å². The van der Waals surface area contributed by atoms with E-state index >= 15 is 0 Å². The predicted molar refractivity (Wildman–Crippen MR) is 133 cm³/mol. The van der Waals surface area contributed by atoms with E-state index in [2.05, 4.69) is 58.3 Å². The molecule has 0 aliphatic carbocycles. The summed E-state index contributed by atoms with van der Waals surface area (Å²) in [4.78, 5) is 24.7. The monoisotopic (exact) mass is 464 g/mol. The van der Waals surface area contributed by atoms with Crippen LogP contribution in [0, 0.1) is 13.8 Å². The van der Waals surface area contributed by atoms with E-state index in [4.69, 9.17) is 16.3 Å². The van der Waals surface area contributed by atoms with Gasteiger partial charge in [0, 0.05) is 36.2 Å². The van der Waals surface area contributed by atoms with Gasteiger partial charge in [-0.15, -0.1) is 0 Å². The van der Waals surface area contributed by atoms with Crippen molar-refractivity contribution in [1.29, 1.82) is 0 Å². The number of aromatic nitrogens is 2. The molecule has 33 heavy (non-hydrogen) atoms. The highest BCUT2D eigenvalue weighted by Crippen LogP contribution is 2.42. The molecule has 0 radical (unpaired) electrons. The van der Waals surface area contributed by atoms with Crippen molar-refractivity contribution in [3.8, 4) is 5.75 Å². The number of hydrogen-bond acceptors (Lipinski definition) is 5. The fraction of sp³-hybridized carbons (Fsp3) is 0.346. The summed E-state index contributed by atoms with van der Waals surface area (Å²) >= 11 is 6.01. The normalized spacial score (nSPS) is 14.7. The van der Waals surface area contributed by atoms with Crippen LogP contribution in [0.2, 0.25) is 5.15 Å². The highest BCUT2D eigenvalue weighted by molar-refractivity contribution is 6.29. The SMILES string of the molecule is COc1cc(Cl)ncc1NC(=O)C1(c2ccccc2C(C)C)CN(c2cc(C)nc(C)c2)C1. The molecule has 1 saturated heterocycles. The molecular weight excluding hydrogens is 436 g/mol. The fourth-order valence-electron chi connectivity index (χ4n) is 4.57. The molecule has 2 aromatic heterocycles. The molecule has 172 valence electrons. The number of carbonyl (C=O) groups is 1. The number of anilines is 2. The van der Waals surface area contributed by atoms with Gasteiger partial charge in [0.15, 0.2) is 0 Å². The maximum atomic E-state index is 13.9. The van der Waals surface area contributed by atoms with Gasteiger partial charge in [-0.2, -0.15) is 0 Å². The summed E-state index contributed by atoms with van der Waals surface area (Å²) in [7, 11) is 1.55. The first-order valence-electron chi connectivity index (χ1n) is 11.0. The Hall–Kier alpha value is -3.12. The van der Waals surface area contributed by atoms with Crippen molar-refractivity contribution in [2.24, 2.45) is 0 Å². The second-order valence-electron chi connectivity index (χ2n) is 8.95. The Labute approximate surface area is 200 Å². The summed E-state index contributed by atoms with van der Waals surface area (Å²) in [5.74, 6) is 0.682. The zero-order valence-corrected chi connectivity index (χ0v) is 20.4. The highest BCUT2D eigenvalue weighted by Gasteiger charge is 2.52. The molecule has 0 saturated carbocycles. The minimum Gasteiger partial charge on any atom is -0.494 e. The van der Waals surface area contributed by atoms with E-state index in [1.165, 1.54) is 11.8 Å². The van der Waals surface area contributed by atoms with Gasteiger partial charge in [-0.05, 0) is 43.0 Å². The minimum absolute atomic E-state index is 0.0863. The molecule has 6 nitrogen and oxygen atoms in total. The molecular formula is C26H29ClN4O2. The number of amides is 1. The van der Waals surface area contributed by atoms with Gasteiger partial charge in [-0.3, -0.25) is 9.78 Å². The van der Waals surface area contributed by atoms with Crippen LogP contribution in [0.15, 0.2) is 48.7 Å². The van der Waals surface area contributed by atoms with Crippen LogP contribution in [0.1, 0.15) is 42.3 Å². The van der Waals surface area contributed by atoms with Gasteiger partial charge in [0.1, 0.15) is 22.0 Å². The Morgan fingerprint density at radius 3 is 2.45 bits per heavy atom. The van der Waals surface area contributed by atoms with Crippen molar-refractivity contribution < 1.29 is 9.53 Å². The first-order valence-corrected chi connectivity index (χ1v) is 11.4. The molecule has 7 heteroatoms. The number of nitrogens with one attached hydrogen (secondary N) is 1. The summed E-state index contributed by atoms with van der Waals surface area (Å²) in [5.41, 5.74) is 5.03. The van der Waals surface area contributed by atoms with E-state index in [0.29, 0.717) is 29.7 Å². The Bertz CT molecular complexity index is 1170. The number of methoxy groups -OCH3 is 1. The lowest BCUT2D eigenvalue weighted by molar-refractivity contribution is -0.122. The molecule has 1 N–H and O–H groups in total. The van der Waals surface area contributed by atoms with Crippen molar-refractivity contribution in [3.05, 3.63) is 76.3 Å². The summed E-state index contributed by atoms with van der Waals surface area (Å²) in [6, 6.07) is 14.0. The number of halogens is 1. The first-order chi connectivity index (χ1) is 15.7. The number of hydrogen-bond donors (Lipinski definition) is 1. The Kier molecular flexibility index (Phi) is 6.30. The number of aryl methyl sites for hydroxylation is 2. The zero-order chi connectivity index (χ0) is 23.8. The Balaban J connectivity index is 1.73. The second kappa shape index (κ2) is 9.02. The molecule has 1 aliphatic heterocycles. The Morgan fingerprint density at radius 2 is 1.82 bits per heavy atom. The van der Waals surface area contributed by atoms with E-state index in [0.717, 1.165) is 22.6 Å². The lowest BCUT2D eigenvalue weighted by Crippen LogP contribution is -2.65. The number of carbonyl (C=O) groups excluding carboxylic acids is 1. The van der Waals surface area contributed by atoms with Crippen molar-refractivity contribution in [3.63, 3.8) is 0 Å². The smallest absolute Gasteiger partial charge is 0.238 e. The van der Waals surface area contributed by atoms with Gasteiger partial charge < -0.3 is 15.0 Å². The molecule has 1 aliphatic rings. The minimum atomic E-state index is -0.712. The summed E-state index contributed by atoms with van der Waals surface area (Å²) in [5, 5.41) is 3.38. The van der Waals surface area contributed by atoms with Gasteiger partial charge in [0.2, 0.25) is 5.91 Å². The summed E-state index contributed by atoms with van der Waals surface area (Å²) < 4.78 is 5.42. The fourth-order valence-corrected chi connectivity index (χ4v) is 4.72. The molecule has 1 amide bonds. The maximum absolute atomic E-state index is 13.9. The molecule has 1 fully saturated rings. The quantitative estimate of drug-likeness (QED) is 0.503. The highest BCUT2D eigenvalue weighted by atomic mass is 35.5. The largest absolute Gasteiger partial charge is 0.494 e. The molecule has 0 unspecified atom stereocenters. The summed E-state index contributed by atoms with van der Waals surface area (Å²) in [6.45, 7) is 9.42. The topological polar surface area (TPSA) is 67.3 Å². The number of pyridine rings is 2. The third-order valence-corrected chi connectivity index (χ3v) is 6.39. The van der Waals surface area contributed by atoms with Crippen LogP contribution >= 0.6 is 11.6 Å². The number of rotatable bonds is 6. The van der Waals surface area contributed by atoms with Gasteiger partial charge in [0.05, 0.1) is 13.3 Å². The van der Waals surface area contributed by atoms with E-state index in [-0.39, 0.29) is 11.8 Å². The van der Waals surface area contributed by atoms with Crippen LogP contribution < -0.4 is 15.0 Å². The first kappa shape index (κ1) is 23.1. The molecule has 1 aromatic carbocycles. The third-order valence-electron chi connectivity index (χ3n) is 6.19. The average Bonchev–Trinajstić information content (AvgIpc) is 2.74. The van der Waals surface area contributed by atoms with Gasteiger partial charge in [-0.1, -0.05) is 49.7 Å². The molecule has 0 bridgehead atoms. The van der Waals surface area contributed by atoms with Gasteiger partial charge >= 0.3 is 0 Å². The van der Waals surface area contributed by atoms with Crippen LogP contribution in [-0.4, -0.2) is 36.1 Å². The molecule has 4 rings (SSSR count). The van der Waals surface area contributed by atoms with Crippen molar-refractivity contribution >= 4 is 28.9 Å². The van der Waals surface area contributed by atoms with Crippen LogP contribution in [0.25, 0.3) is 0 Å². The molecule has 0 spiro atoms. The molecule has 0 atom stereocenters. The molecule has 3 aromatic rings. The third kappa shape index (κ3) is 4.40. The van der Waals surface area contributed by atoms with E-state index in [9.17, 15) is 4.79 Å². The van der Waals surface area contributed by atoms with Crippen LogP contribution in [-0.2, 0) is 10.2 Å². The number of nitrogens with zero attached hydrogens (tertiary/aromatic N) is 3. The van der Waals surface area contributed by atoms with E-state index in [1.807, 2.05) is 26.0 Å². The average molecular weight is 465 g/mol. The second-order valence-corrected chi connectivity index (χ2v) is 9.34. The number of benzene rings is 1. The van der Waals surface area contributed by atoms with Crippen molar-refractivity contribution in [2.45, 2.75) is 39.0 Å². The Morgan fingerprint density at radius 1 is 1.15 bits per heavy atom. The van der Waals surface area contributed by atoms with E-state index in [1.54, 1.807) is 13.2 Å². The predicted octanol–water partition coefficient (Wildman–Crippen LogP) is 5.28. The number of ether oxygens (including phenoxy) is 1. The van der Waals surface area contributed by atoms with Gasteiger partial charge in [0.25, 0.3) is 0 Å². The van der Waals surface area contributed by atoms with Crippen LogP contribution in [0.3, 0.4) is 0 Å². The van der Waals surface area contributed by atoms with Crippen LogP contribution in [0.4, 0.5) is 11.4 Å². The standard InChI is InChI=1S/C26H29ClN4O2/c1-16(2)20-8-6-7-9-21(20)26(14-31(15-26)19-10-17(3)29-18(4)11-19)25(32)30-22-13-28-24(27)12-23(22)33-5/h6-13,16H,14-15H2,1-5H3,(H,30,32).